The molecule has 1 heterocycles. The van der Waals surface area contributed by atoms with E-state index in [1.165, 1.54) is 0 Å². The molecular weight excluding hydrogens is 321 g/mol. The Morgan fingerprint density at radius 1 is 1.05 bits per heavy atom. The number of nitrogens with zero attached hydrogens (tertiary/aromatic N) is 1. The number of rotatable bonds is 1. The van der Waals surface area contributed by atoms with E-state index in [1.54, 1.807) is 24.3 Å². The van der Waals surface area contributed by atoms with Crippen LogP contribution in [0.1, 0.15) is 17.0 Å². The third-order valence-corrected chi connectivity index (χ3v) is 4.26. The Kier molecular flexibility index (Phi) is 3.61. The van der Waals surface area contributed by atoms with Gasteiger partial charge in [-0.3, -0.25) is 0 Å². The van der Waals surface area contributed by atoms with E-state index in [1.807, 2.05) is 12.1 Å². The van der Waals surface area contributed by atoms with Crippen LogP contribution in [-0.4, -0.2) is 0 Å². The van der Waals surface area contributed by atoms with E-state index in [0.29, 0.717) is 27.1 Å². The zero-order valence-corrected chi connectivity index (χ0v) is 12.8. The molecule has 3 rings (SSSR count). The molecule has 22 heavy (non-hydrogen) atoms. The molecule has 2 aromatic carbocycles. The van der Waals surface area contributed by atoms with Gasteiger partial charge in [0.1, 0.15) is 17.4 Å². The summed E-state index contributed by atoms with van der Waals surface area (Å²) >= 11 is 12.1. The van der Waals surface area contributed by atoms with Gasteiger partial charge in [0.15, 0.2) is 0 Å². The molecule has 0 saturated carbocycles. The van der Waals surface area contributed by atoms with Crippen LogP contribution < -0.4 is 16.2 Å². The Morgan fingerprint density at radius 3 is 2.50 bits per heavy atom. The average Bonchev–Trinajstić information content (AvgIpc) is 2.48. The summed E-state index contributed by atoms with van der Waals surface area (Å²) < 4.78 is 5.52. The number of nitrogens with two attached hydrogens (primary N) is 2. The Bertz CT molecular complexity index is 840. The monoisotopic (exact) mass is 331 g/mol. The van der Waals surface area contributed by atoms with Crippen LogP contribution in [0.2, 0.25) is 10.0 Å². The van der Waals surface area contributed by atoms with Crippen LogP contribution in [0.4, 0.5) is 5.69 Å². The third-order valence-electron chi connectivity index (χ3n) is 3.52. The van der Waals surface area contributed by atoms with E-state index in [-0.39, 0.29) is 11.8 Å². The number of ether oxygens (including phenoxy) is 1. The fraction of sp³-hybridized carbons (Fsp3) is 0.0625. The summed E-state index contributed by atoms with van der Waals surface area (Å²) in [6, 6.07) is 12.6. The number of hydrogen-bond donors (Lipinski definition) is 2. The smallest absolute Gasteiger partial charge is 0.205 e. The van der Waals surface area contributed by atoms with E-state index in [2.05, 4.69) is 6.07 Å². The molecule has 4 N–H and O–H groups in total. The molecule has 4 nitrogen and oxygen atoms in total. The molecular formula is C16H11Cl2N3O. The fourth-order valence-corrected chi connectivity index (χ4v) is 2.81. The summed E-state index contributed by atoms with van der Waals surface area (Å²) in [7, 11) is 0. The predicted octanol–water partition coefficient (Wildman–Crippen LogP) is 3.79. The van der Waals surface area contributed by atoms with Gasteiger partial charge in [-0.15, -0.1) is 0 Å². The van der Waals surface area contributed by atoms with Crippen LogP contribution in [0, 0.1) is 11.3 Å². The predicted molar refractivity (Wildman–Crippen MR) is 86.6 cm³/mol. The molecule has 0 bridgehead atoms. The van der Waals surface area contributed by atoms with E-state index in [9.17, 15) is 5.26 Å². The van der Waals surface area contributed by atoms with Crippen molar-refractivity contribution in [2.45, 2.75) is 5.92 Å². The molecule has 2 aromatic rings. The standard InChI is InChI=1S/C16H11Cl2N3O/c17-12-4-1-8(5-13(12)18)15-10-3-2-9(20)6-14(10)22-16(21)11(15)7-19/h1-6,15H,20-21H2/t15-/m0/s1. The molecule has 1 atom stereocenters. The molecule has 1 aliphatic heterocycles. The first-order chi connectivity index (χ1) is 10.5. The molecule has 0 aromatic heterocycles. The highest BCUT2D eigenvalue weighted by molar-refractivity contribution is 6.42. The SMILES string of the molecule is N#CC1=C(N)Oc2cc(N)ccc2[C@@H]1c1ccc(Cl)c(Cl)c1. The molecule has 6 heteroatoms. The van der Waals surface area contributed by atoms with E-state index in [4.69, 9.17) is 39.4 Å². The van der Waals surface area contributed by atoms with Crippen LogP contribution in [0.25, 0.3) is 0 Å². The number of allylic oxidation sites excluding steroid dienone is 1. The summed E-state index contributed by atoms with van der Waals surface area (Å²) in [5, 5.41) is 10.3. The molecule has 0 aliphatic carbocycles. The number of halogens is 2. The summed E-state index contributed by atoms with van der Waals surface area (Å²) in [6.07, 6.45) is 0. The van der Waals surface area contributed by atoms with Gasteiger partial charge in [-0.05, 0) is 23.8 Å². The van der Waals surface area contributed by atoms with Gasteiger partial charge in [0.05, 0.1) is 16.0 Å². The van der Waals surface area contributed by atoms with Crippen molar-refractivity contribution in [2.24, 2.45) is 5.73 Å². The minimum absolute atomic E-state index is 0.0664. The van der Waals surface area contributed by atoms with Crippen molar-refractivity contribution in [3.8, 4) is 11.8 Å². The zero-order chi connectivity index (χ0) is 15.9. The number of nitriles is 1. The van der Waals surface area contributed by atoms with Crippen molar-refractivity contribution in [1.82, 2.24) is 0 Å². The van der Waals surface area contributed by atoms with Crippen LogP contribution in [0.5, 0.6) is 5.75 Å². The quantitative estimate of drug-likeness (QED) is 0.778. The average molecular weight is 332 g/mol. The number of hydrogen-bond acceptors (Lipinski definition) is 4. The van der Waals surface area contributed by atoms with Gasteiger partial charge in [-0.25, -0.2) is 0 Å². The maximum atomic E-state index is 9.45. The van der Waals surface area contributed by atoms with Crippen molar-refractivity contribution in [3.05, 3.63) is 69.0 Å². The summed E-state index contributed by atoms with van der Waals surface area (Å²) in [4.78, 5) is 0. The number of fused-ring (bicyclic) bond motifs is 1. The molecule has 0 amide bonds. The molecule has 0 spiro atoms. The Hall–Kier alpha value is -2.35. The van der Waals surface area contributed by atoms with Gasteiger partial charge in [-0.1, -0.05) is 35.3 Å². The molecule has 1 aliphatic rings. The van der Waals surface area contributed by atoms with Crippen molar-refractivity contribution in [3.63, 3.8) is 0 Å². The lowest BCUT2D eigenvalue weighted by molar-refractivity contribution is 0.394. The Balaban J connectivity index is 2.23. The number of anilines is 1. The lowest BCUT2D eigenvalue weighted by Gasteiger charge is -2.26. The highest BCUT2D eigenvalue weighted by Gasteiger charge is 2.30. The van der Waals surface area contributed by atoms with Gasteiger partial charge in [-0.2, -0.15) is 5.26 Å². The normalized spacial score (nSPS) is 16.7. The van der Waals surface area contributed by atoms with Crippen LogP contribution in [-0.2, 0) is 0 Å². The van der Waals surface area contributed by atoms with Crippen molar-refractivity contribution in [1.29, 1.82) is 5.26 Å². The first-order valence-corrected chi connectivity index (χ1v) is 7.19. The van der Waals surface area contributed by atoms with Gasteiger partial charge >= 0.3 is 0 Å². The lowest BCUT2D eigenvalue weighted by Crippen LogP contribution is -2.21. The second kappa shape index (κ2) is 5.45. The Morgan fingerprint density at radius 2 is 1.82 bits per heavy atom. The van der Waals surface area contributed by atoms with Gasteiger partial charge < -0.3 is 16.2 Å². The highest BCUT2D eigenvalue weighted by atomic mass is 35.5. The largest absolute Gasteiger partial charge is 0.440 e. The van der Waals surface area contributed by atoms with Crippen molar-refractivity contribution < 1.29 is 4.74 Å². The first-order valence-electron chi connectivity index (χ1n) is 6.43. The first kappa shape index (κ1) is 14.6. The maximum absolute atomic E-state index is 9.45. The number of nitrogen functional groups attached to an aromatic ring is 1. The fourth-order valence-electron chi connectivity index (χ4n) is 2.51. The minimum Gasteiger partial charge on any atom is -0.440 e. The van der Waals surface area contributed by atoms with E-state index in [0.717, 1.165) is 11.1 Å². The zero-order valence-electron chi connectivity index (χ0n) is 11.3. The molecule has 0 saturated heterocycles. The lowest BCUT2D eigenvalue weighted by atomic mass is 9.83. The summed E-state index contributed by atoms with van der Waals surface area (Å²) in [6.45, 7) is 0. The van der Waals surface area contributed by atoms with Crippen LogP contribution >= 0.6 is 23.2 Å². The van der Waals surface area contributed by atoms with Crippen molar-refractivity contribution >= 4 is 28.9 Å². The maximum Gasteiger partial charge on any atom is 0.205 e. The highest BCUT2D eigenvalue weighted by Crippen LogP contribution is 2.43. The van der Waals surface area contributed by atoms with Gasteiger partial charge in [0.25, 0.3) is 0 Å². The summed E-state index contributed by atoms with van der Waals surface area (Å²) in [5.74, 6) is 0.230. The second-order valence-electron chi connectivity index (χ2n) is 4.90. The third kappa shape index (κ3) is 2.35. The van der Waals surface area contributed by atoms with Gasteiger partial charge in [0, 0.05) is 17.3 Å². The summed E-state index contributed by atoms with van der Waals surface area (Å²) in [5.41, 5.74) is 14.2. The minimum atomic E-state index is -0.371. The molecule has 0 unspecified atom stereocenters. The Labute approximate surface area is 137 Å². The second-order valence-corrected chi connectivity index (χ2v) is 5.71. The topological polar surface area (TPSA) is 85.1 Å². The molecule has 0 fully saturated rings. The van der Waals surface area contributed by atoms with Gasteiger partial charge in [0.2, 0.25) is 5.88 Å². The molecule has 110 valence electrons. The number of benzene rings is 2. The van der Waals surface area contributed by atoms with E-state index < -0.39 is 0 Å². The van der Waals surface area contributed by atoms with Crippen molar-refractivity contribution in [2.75, 3.05) is 5.73 Å². The van der Waals surface area contributed by atoms with Crippen LogP contribution in [0.15, 0.2) is 47.9 Å². The van der Waals surface area contributed by atoms with E-state index >= 15 is 0 Å². The van der Waals surface area contributed by atoms with Crippen LogP contribution in [0.3, 0.4) is 0 Å². The molecule has 0 radical (unpaired) electrons.